The van der Waals surface area contributed by atoms with Gasteiger partial charge in [-0.15, -0.1) is 0 Å². The lowest BCUT2D eigenvalue weighted by Gasteiger charge is -2.11. The minimum absolute atomic E-state index is 0.0427. The van der Waals surface area contributed by atoms with Crippen molar-refractivity contribution in [2.75, 3.05) is 23.8 Å². The number of aliphatic hydroxyl groups excluding tert-OH is 1. The number of nitrogens with zero attached hydrogens (tertiary/aromatic N) is 3. The second-order valence-corrected chi connectivity index (χ2v) is 4.95. The summed E-state index contributed by atoms with van der Waals surface area (Å²) in [5.74, 6) is 0.422. The van der Waals surface area contributed by atoms with Gasteiger partial charge in [0.15, 0.2) is 0 Å². The summed E-state index contributed by atoms with van der Waals surface area (Å²) in [5.41, 5.74) is 1.84. The highest BCUT2D eigenvalue weighted by Crippen LogP contribution is 2.24. The quantitative estimate of drug-likeness (QED) is 0.646. The van der Waals surface area contributed by atoms with Crippen LogP contribution in [0.4, 0.5) is 21.8 Å². The monoisotopic (exact) mass is 325 g/mol. The van der Waals surface area contributed by atoms with Crippen LogP contribution in [0, 0.1) is 5.82 Å². The van der Waals surface area contributed by atoms with Crippen LogP contribution in [0.2, 0.25) is 0 Å². The Labute approximate surface area is 138 Å². The lowest BCUT2D eigenvalue weighted by atomic mass is 10.2. The lowest BCUT2D eigenvalue weighted by Crippen LogP contribution is -2.10. The number of benzene rings is 1. The molecule has 3 rings (SSSR count). The normalized spacial score (nSPS) is 10.4. The van der Waals surface area contributed by atoms with Gasteiger partial charge in [-0.1, -0.05) is 12.1 Å². The van der Waals surface area contributed by atoms with Crippen LogP contribution < -0.4 is 10.6 Å². The maximum absolute atomic E-state index is 13.8. The molecule has 6 nitrogen and oxygen atoms in total. The summed E-state index contributed by atoms with van der Waals surface area (Å²) < 4.78 is 13.8. The zero-order valence-electron chi connectivity index (χ0n) is 12.8. The summed E-state index contributed by atoms with van der Waals surface area (Å²) in [5, 5.41) is 14.8. The van der Waals surface area contributed by atoms with Gasteiger partial charge in [-0.2, -0.15) is 4.98 Å². The van der Waals surface area contributed by atoms with Crippen LogP contribution in [0.3, 0.4) is 0 Å². The highest BCUT2D eigenvalue weighted by atomic mass is 19.1. The lowest BCUT2D eigenvalue weighted by molar-refractivity contribution is 0.311. The SMILES string of the molecule is OCCNc1nc(Nc2ccccc2F)cc(-c2ccncc2)n1. The van der Waals surface area contributed by atoms with E-state index < -0.39 is 0 Å². The van der Waals surface area contributed by atoms with Gasteiger partial charge >= 0.3 is 0 Å². The first kappa shape index (κ1) is 15.8. The third kappa shape index (κ3) is 3.82. The van der Waals surface area contributed by atoms with Gasteiger partial charge in [0.1, 0.15) is 11.6 Å². The molecule has 7 heteroatoms. The molecule has 0 amide bonds. The van der Waals surface area contributed by atoms with Crippen molar-refractivity contribution in [1.82, 2.24) is 15.0 Å². The van der Waals surface area contributed by atoms with Crippen LogP contribution in [0.5, 0.6) is 0 Å². The second kappa shape index (κ2) is 7.47. The van der Waals surface area contributed by atoms with Crippen molar-refractivity contribution in [3.05, 3.63) is 60.7 Å². The summed E-state index contributed by atoms with van der Waals surface area (Å²) in [6, 6.07) is 11.7. The van der Waals surface area contributed by atoms with Crippen molar-refractivity contribution >= 4 is 17.5 Å². The van der Waals surface area contributed by atoms with Gasteiger partial charge in [-0.3, -0.25) is 4.98 Å². The minimum Gasteiger partial charge on any atom is -0.395 e. The average molecular weight is 325 g/mol. The van der Waals surface area contributed by atoms with Crippen LogP contribution in [0.1, 0.15) is 0 Å². The molecule has 0 aliphatic heterocycles. The van der Waals surface area contributed by atoms with E-state index in [9.17, 15) is 4.39 Å². The van der Waals surface area contributed by atoms with E-state index in [2.05, 4.69) is 25.6 Å². The van der Waals surface area contributed by atoms with Crippen molar-refractivity contribution in [2.45, 2.75) is 0 Å². The highest BCUT2D eigenvalue weighted by molar-refractivity contribution is 5.67. The first-order chi connectivity index (χ1) is 11.8. The summed E-state index contributed by atoms with van der Waals surface area (Å²) in [6.07, 6.45) is 3.34. The maximum atomic E-state index is 13.8. The summed E-state index contributed by atoms with van der Waals surface area (Å²) in [7, 11) is 0. The third-order valence-corrected chi connectivity index (χ3v) is 3.23. The van der Waals surface area contributed by atoms with E-state index in [1.807, 2.05) is 12.1 Å². The number of hydrogen-bond donors (Lipinski definition) is 3. The Morgan fingerprint density at radius 1 is 1.04 bits per heavy atom. The Kier molecular flexibility index (Phi) is 4.93. The molecule has 0 spiro atoms. The Bertz CT molecular complexity index is 813. The fourth-order valence-electron chi connectivity index (χ4n) is 2.13. The summed E-state index contributed by atoms with van der Waals surface area (Å²) in [6.45, 7) is 0.276. The van der Waals surface area contributed by atoms with Crippen LogP contribution in [-0.2, 0) is 0 Å². The standard InChI is InChI=1S/C17H16FN5O/c18-13-3-1-2-4-14(13)21-16-11-15(12-5-7-19-8-6-12)22-17(23-16)20-9-10-24/h1-8,11,24H,9-10H2,(H2,20,21,22,23). The molecule has 0 fully saturated rings. The number of aliphatic hydroxyl groups is 1. The molecule has 0 radical (unpaired) electrons. The highest BCUT2D eigenvalue weighted by Gasteiger charge is 2.08. The molecule has 2 aromatic heterocycles. The zero-order chi connectivity index (χ0) is 16.8. The number of rotatable bonds is 6. The van der Waals surface area contributed by atoms with E-state index in [-0.39, 0.29) is 12.4 Å². The van der Waals surface area contributed by atoms with Crippen LogP contribution in [0.25, 0.3) is 11.3 Å². The third-order valence-electron chi connectivity index (χ3n) is 3.23. The molecule has 0 unspecified atom stereocenters. The number of anilines is 3. The molecule has 1 aromatic carbocycles. The Balaban J connectivity index is 1.97. The molecule has 2 heterocycles. The van der Waals surface area contributed by atoms with Gasteiger partial charge in [-0.05, 0) is 24.3 Å². The van der Waals surface area contributed by atoms with E-state index in [0.717, 1.165) is 5.56 Å². The van der Waals surface area contributed by atoms with E-state index in [1.165, 1.54) is 6.07 Å². The first-order valence-corrected chi connectivity index (χ1v) is 7.42. The number of para-hydroxylation sites is 1. The van der Waals surface area contributed by atoms with E-state index in [1.54, 1.807) is 36.7 Å². The van der Waals surface area contributed by atoms with Gasteiger partial charge < -0.3 is 15.7 Å². The Morgan fingerprint density at radius 3 is 2.58 bits per heavy atom. The van der Waals surface area contributed by atoms with Crippen LogP contribution in [0.15, 0.2) is 54.9 Å². The van der Waals surface area contributed by atoms with Gasteiger partial charge in [-0.25, -0.2) is 9.37 Å². The predicted molar refractivity (Wildman–Crippen MR) is 90.5 cm³/mol. The van der Waals surface area contributed by atoms with E-state index in [4.69, 9.17) is 5.11 Å². The molecule has 0 atom stereocenters. The molecule has 0 saturated carbocycles. The number of halogens is 1. The Hall–Kier alpha value is -3.06. The molecular formula is C17H16FN5O. The molecule has 0 bridgehead atoms. The fourth-order valence-corrected chi connectivity index (χ4v) is 2.13. The predicted octanol–water partition coefficient (Wildman–Crippen LogP) is 2.83. The van der Waals surface area contributed by atoms with Crippen molar-refractivity contribution in [3.8, 4) is 11.3 Å². The van der Waals surface area contributed by atoms with Crippen molar-refractivity contribution < 1.29 is 9.50 Å². The second-order valence-electron chi connectivity index (χ2n) is 4.95. The molecule has 24 heavy (non-hydrogen) atoms. The molecule has 0 aliphatic carbocycles. The smallest absolute Gasteiger partial charge is 0.225 e. The molecule has 3 aromatic rings. The van der Waals surface area contributed by atoms with Gasteiger partial charge in [0.05, 0.1) is 18.0 Å². The topological polar surface area (TPSA) is 83.0 Å². The zero-order valence-corrected chi connectivity index (χ0v) is 12.8. The largest absolute Gasteiger partial charge is 0.395 e. The average Bonchev–Trinajstić information content (AvgIpc) is 2.62. The number of nitrogens with one attached hydrogen (secondary N) is 2. The Morgan fingerprint density at radius 2 is 1.83 bits per heavy atom. The molecule has 122 valence electrons. The summed E-state index contributed by atoms with van der Waals surface area (Å²) in [4.78, 5) is 12.7. The van der Waals surface area contributed by atoms with Crippen LogP contribution >= 0.6 is 0 Å². The van der Waals surface area contributed by atoms with Crippen molar-refractivity contribution in [3.63, 3.8) is 0 Å². The first-order valence-electron chi connectivity index (χ1n) is 7.42. The van der Waals surface area contributed by atoms with Crippen LogP contribution in [-0.4, -0.2) is 33.2 Å². The molecule has 0 saturated heterocycles. The summed E-state index contributed by atoms with van der Waals surface area (Å²) >= 11 is 0. The van der Waals surface area contributed by atoms with Gasteiger partial charge in [0.2, 0.25) is 5.95 Å². The van der Waals surface area contributed by atoms with E-state index >= 15 is 0 Å². The molecular weight excluding hydrogens is 309 g/mol. The maximum Gasteiger partial charge on any atom is 0.225 e. The minimum atomic E-state index is -0.369. The van der Waals surface area contributed by atoms with Gasteiger partial charge in [0.25, 0.3) is 0 Å². The van der Waals surface area contributed by atoms with Crippen molar-refractivity contribution in [1.29, 1.82) is 0 Å². The number of pyridine rings is 1. The van der Waals surface area contributed by atoms with Crippen molar-refractivity contribution in [2.24, 2.45) is 0 Å². The number of aromatic nitrogens is 3. The molecule has 3 N–H and O–H groups in total. The molecule has 0 aliphatic rings. The van der Waals surface area contributed by atoms with Gasteiger partial charge in [0, 0.05) is 30.6 Å². The van der Waals surface area contributed by atoms with E-state index in [0.29, 0.717) is 29.7 Å². The number of hydrogen-bond acceptors (Lipinski definition) is 6. The fraction of sp³-hybridized carbons (Fsp3) is 0.118.